The van der Waals surface area contributed by atoms with Crippen LogP contribution >= 0.6 is 34.4 Å². The number of hydrogen-bond donors (Lipinski definition) is 2. The molecule has 1 heterocycles. The van der Waals surface area contributed by atoms with Crippen molar-refractivity contribution in [2.24, 2.45) is 4.99 Å². The summed E-state index contributed by atoms with van der Waals surface area (Å²) in [6.07, 6.45) is 3.72. The van der Waals surface area contributed by atoms with Gasteiger partial charge in [-0.15, -0.1) is 0 Å². The van der Waals surface area contributed by atoms with E-state index in [0.717, 1.165) is 20.3 Å². The van der Waals surface area contributed by atoms with Crippen LogP contribution in [0.15, 0.2) is 23.2 Å². The average Bonchev–Trinajstić information content (AvgIpc) is 2.72. The highest BCUT2D eigenvalue weighted by Gasteiger charge is 2.07. The topological polar surface area (TPSA) is 76.9 Å². The van der Waals surface area contributed by atoms with E-state index in [1.54, 1.807) is 0 Å². The van der Waals surface area contributed by atoms with Crippen molar-refractivity contribution in [2.75, 3.05) is 6.26 Å². The van der Waals surface area contributed by atoms with Crippen molar-refractivity contribution in [3.63, 3.8) is 0 Å². The number of hydrogen-bond acceptors (Lipinski definition) is 4. The minimum absolute atomic E-state index is 0.554. The number of benzene rings is 1. The van der Waals surface area contributed by atoms with E-state index in [0.29, 0.717) is 5.17 Å². The number of aliphatic imine (C=N–C) groups is 1. The summed E-state index contributed by atoms with van der Waals surface area (Å²) < 4.78 is 0.980. The normalized spacial score (nSPS) is 11.5. The Bertz CT molecular complexity index is 613. The summed E-state index contributed by atoms with van der Waals surface area (Å²) in [5, 5.41) is 19.8. The van der Waals surface area contributed by atoms with Gasteiger partial charge in [0.2, 0.25) is 0 Å². The van der Waals surface area contributed by atoms with E-state index in [-0.39, 0.29) is 0 Å². The summed E-state index contributed by atoms with van der Waals surface area (Å²) in [5.74, 6) is 0. The molecule has 1 aromatic carbocycles. The SMILES string of the molecule is CSC(=Nc1cccc2c(I)[nH]nc12)NC#N. The first-order chi connectivity index (χ1) is 8.26. The minimum atomic E-state index is 0.554. The average molecular weight is 357 g/mol. The number of nitrogens with zero attached hydrogens (tertiary/aromatic N) is 3. The first-order valence-corrected chi connectivity index (χ1v) is 6.97. The summed E-state index contributed by atoms with van der Waals surface area (Å²) in [4.78, 5) is 4.37. The van der Waals surface area contributed by atoms with E-state index < -0.39 is 0 Å². The third-order valence-corrected chi connectivity index (χ3v) is 3.50. The van der Waals surface area contributed by atoms with Crippen LogP contribution in [-0.2, 0) is 0 Å². The van der Waals surface area contributed by atoms with Crippen LogP contribution in [0.1, 0.15) is 0 Å². The lowest BCUT2D eigenvalue weighted by molar-refractivity contribution is 1.09. The monoisotopic (exact) mass is 357 g/mol. The second-order valence-corrected chi connectivity index (χ2v) is 4.94. The van der Waals surface area contributed by atoms with E-state index in [1.807, 2.05) is 30.6 Å². The molecule has 17 heavy (non-hydrogen) atoms. The Balaban J connectivity index is 2.52. The van der Waals surface area contributed by atoms with E-state index >= 15 is 0 Å². The van der Waals surface area contributed by atoms with Gasteiger partial charge in [0, 0.05) is 5.39 Å². The lowest BCUT2D eigenvalue weighted by Gasteiger charge is -2.00. The maximum absolute atomic E-state index is 8.58. The van der Waals surface area contributed by atoms with Crippen molar-refractivity contribution in [1.82, 2.24) is 15.5 Å². The van der Waals surface area contributed by atoms with Crippen molar-refractivity contribution < 1.29 is 0 Å². The highest BCUT2D eigenvalue weighted by Crippen LogP contribution is 2.27. The molecule has 0 radical (unpaired) electrons. The molecule has 0 bridgehead atoms. The molecule has 0 atom stereocenters. The number of fused-ring (bicyclic) bond motifs is 1. The zero-order valence-corrected chi connectivity index (χ0v) is 11.8. The van der Waals surface area contributed by atoms with Gasteiger partial charge in [0.05, 0.1) is 5.69 Å². The molecule has 0 fully saturated rings. The predicted octanol–water partition coefficient (Wildman–Crippen LogP) is 2.59. The van der Waals surface area contributed by atoms with Crippen molar-refractivity contribution >= 4 is 56.1 Å². The number of nitrogens with one attached hydrogen (secondary N) is 2. The fourth-order valence-electron chi connectivity index (χ4n) is 1.36. The summed E-state index contributed by atoms with van der Waals surface area (Å²) in [6.45, 7) is 0. The maximum Gasteiger partial charge on any atom is 0.183 e. The highest BCUT2D eigenvalue weighted by atomic mass is 127. The Labute approximate surface area is 116 Å². The van der Waals surface area contributed by atoms with Gasteiger partial charge in [-0.2, -0.15) is 10.4 Å². The van der Waals surface area contributed by atoms with Crippen LogP contribution in [0, 0.1) is 15.2 Å². The number of H-pyrrole nitrogens is 1. The fourth-order valence-corrected chi connectivity index (χ4v) is 2.26. The quantitative estimate of drug-likeness (QED) is 0.270. The summed E-state index contributed by atoms with van der Waals surface area (Å²) >= 11 is 3.57. The standard InChI is InChI=1S/C10H8IN5S/c1-17-10(13-5-12)14-7-4-2-3-6-8(7)15-16-9(6)11/h2-4H,1H3,(H,13,14)(H,15,16). The summed E-state index contributed by atoms with van der Waals surface area (Å²) in [7, 11) is 0. The van der Waals surface area contributed by atoms with Crippen LogP contribution in [0.5, 0.6) is 0 Å². The van der Waals surface area contributed by atoms with Gasteiger partial charge in [0.1, 0.15) is 9.22 Å². The van der Waals surface area contributed by atoms with Gasteiger partial charge in [-0.25, -0.2) is 4.99 Å². The number of para-hydroxylation sites is 1. The van der Waals surface area contributed by atoms with Crippen LogP contribution in [0.25, 0.3) is 10.9 Å². The van der Waals surface area contributed by atoms with Gasteiger partial charge in [0.15, 0.2) is 11.4 Å². The Morgan fingerprint density at radius 1 is 1.65 bits per heavy atom. The van der Waals surface area contributed by atoms with Crippen molar-refractivity contribution in [1.29, 1.82) is 5.26 Å². The molecule has 2 rings (SSSR count). The predicted molar refractivity (Wildman–Crippen MR) is 78.2 cm³/mol. The van der Waals surface area contributed by atoms with E-state index in [2.05, 4.69) is 43.1 Å². The summed E-state index contributed by atoms with van der Waals surface area (Å²) in [6, 6.07) is 5.77. The molecule has 0 aliphatic rings. The molecule has 0 aliphatic carbocycles. The van der Waals surface area contributed by atoms with Gasteiger partial charge >= 0.3 is 0 Å². The highest BCUT2D eigenvalue weighted by molar-refractivity contribution is 14.1. The first kappa shape index (κ1) is 12.2. The molecular formula is C10H8IN5S. The van der Waals surface area contributed by atoms with Crippen LogP contribution in [-0.4, -0.2) is 21.6 Å². The molecule has 0 spiro atoms. The third-order valence-electron chi connectivity index (χ3n) is 2.10. The van der Waals surface area contributed by atoms with E-state index in [1.165, 1.54) is 11.8 Å². The molecule has 2 N–H and O–H groups in total. The molecular weight excluding hydrogens is 349 g/mol. The summed E-state index contributed by atoms with van der Waals surface area (Å²) in [5.41, 5.74) is 1.55. The number of aromatic amines is 1. The number of aromatic nitrogens is 2. The molecule has 0 unspecified atom stereocenters. The number of halogens is 1. The van der Waals surface area contributed by atoms with Gasteiger partial charge < -0.3 is 0 Å². The molecule has 0 amide bonds. The fraction of sp³-hybridized carbons (Fsp3) is 0.100. The van der Waals surface area contributed by atoms with Gasteiger partial charge in [-0.05, 0) is 41.0 Å². The third kappa shape index (κ3) is 2.53. The van der Waals surface area contributed by atoms with Crippen LogP contribution in [0.3, 0.4) is 0 Å². The molecule has 2 aromatic rings. The number of nitriles is 1. The second-order valence-electron chi connectivity index (χ2n) is 3.07. The van der Waals surface area contributed by atoms with E-state index in [9.17, 15) is 0 Å². The largest absolute Gasteiger partial charge is 0.271 e. The molecule has 7 heteroatoms. The van der Waals surface area contributed by atoms with Crippen LogP contribution in [0.4, 0.5) is 5.69 Å². The zero-order valence-electron chi connectivity index (χ0n) is 8.86. The minimum Gasteiger partial charge on any atom is -0.271 e. The zero-order chi connectivity index (χ0) is 12.3. The van der Waals surface area contributed by atoms with Crippen molar-refractivity contribution in [3.05, 3.63) is 21.9 Å². The van der Waals surface area contributed by atoms with Crippen LogP contribution < -0.4 is 5.32 Å². The Morgan fingerprint density at radius 2 is 2.47 bits per heavy atom. The molecule has 0 saturated carbocycles. The van der Waals surface area contributed by atoms with Gasteiger partial charge in [-0.3, -0.25) is 10.4 Å². The Morgan fingerprint density at radius 3 is 3.18 bits per heavy atom. The van der Waals surface area contributed by atoms with Gasteiger partial charge in [-0.1, -0.05) is 17.8 Å². The number of thioether (sulfide) groups is 1. The molecule has 0 aliphatic heterocycles. The number of rotatable bonds is 1. The maximum atomic E-state index is 8.58. The number of amidine groups is 1. The molecule has 86 valence electrons. The Kier molecular flexibility index (Phi) is 3.86. The lowest BCUT2D eigenvalue weighted by atomic mass is 10.2. The van der Waals surface area contributed by atoms with Crippen molar-refractivity contribution in [3.8, 4) is 6.19 Å². The van der Waals surface area contributed by atoms with Gasteiger partial charge in [0.25, 0.3) is 0 Å². The van der Waals surface area contributed by atoms with E-state index in [4.69, 9.17) is 5.26 Å². The van der Waals surface area contributed by atoms with Crippen LogP contribution in [0.2, 0.25) is 0 Å². The van der Waals surface area contributed by atoms with Crippen molar-refractivity contribution in [2.45, 2.75) is 0 Å². The molecule has 5 nitrogen and oxygen atoms in total. The lowest BCUT2D eigenvalue weighted by Crippen LogP contribution is -2.12. The first-order valence-electron chi connectivity index (χ1n) is 4.66. The Hall–Kier alpha value is -1.27. The molecule has 0 saturated heterocycles. The smallest absolute Gasteiger partial charge is 0.183 e. The molecule has 1 aromatic heterocycles. The second kappa shape index (κ2) is 5.37.